The van der Waals surface area contributed by atoms with Gasteiger partial charge in [0.15, 0.2) is 6.10 Å². The average Bonchev–Trinajstić information content (AvgIpc) is 3.20. The van der Waals surface area contributed by atoms with Crippen LogP contribution in [0, 0.1) is 0 Å². The van der Waals surface area contributed by atoms with Crippen molar-refractivity contribution in [3.05, 3.63) is 59.2 Å². The zero-order valence-corrected chi connectivity index (χ0v) is 14.1. The molecule has 3 aromatic rings. The number of rotatable bonds is 5. The number of anilines is 1. The van der Waals surface area contributed by atoms with Gasteiger partial charge in [0.05, 0.1) is 6.20 Å². The van der Waals surface area contributed by atoms with E-state index < -0.39 is 12.3 Å². The van der Waals surface area contributed by atoms with Crippen LogP contribution in [-0.4, -0.2) is 21.1 Å². The third-order valence-electron chi connectivity index (χ3n) is 3.65. The van der Waals surface area contributed by atoms with Crippen molar-refractivity contribution in [2.45, 2.75) is 18.8 Å². The second-order valence-corrected chi connectivity index (χ2v) is 6.76. The molecule has 2 aromatic heterocycles. The number of aryl methyl sites for hydroxylation is 1. The van der Waals surface area contributed by atoms with Gasteiger partial charge in [-0.15, -0.1) is 11.3 Å². The van der Waals surface area contributed by atoms with Gasteiger partial charge in [-0.1, -0.05) is 12.1 Å². The molecule has 25 heavy (non-hydrogen) atoms. The van der Waals surface area contributed by atoms with E-state index >= 15 is 0 Å². The monoisotopic (exact) mass is 367 g/mol. The van der Waals surface area contributed by atoms with Gasteiger partial charge in [-0.3, -0.25) is 4.68 Å². The van der Waals surface area contributed by atoms with Gasteiger partial charge in [0.1, 0.15) is 0 Å². The number of hydrogen-bond acceptors (Lipinski definition) is 4. The van der Waals surface area contributed by atoms with E-state index in [1.165, 1.54) is 24.3 Å². The normalized spacial score (nSPS) is 13.0. The summed E-state index contributed by atoms with van der Waals surface area (Å²) in [7, 11) is 1.86. The predicted octanol–water partition coefficient (Wildman–Crippen LogP) is 4.36. The van der Waals surface area contributed by atoms with Crippen LogP contribution < -0.4 is 5.32 Å². The van der Waals surface area contributed by atoms with Crippen LogP contribution in [0.25, 0.3) is 10.4 Å². The minimum Gasteiger partial charge on any atom is -0.380 e. The van der Waals surface area contributed by atoms with Crippen LogP contribution in [0.3, 0.4) is 0 Å². The molecule has 1 unspecified atom stereocenters. The van der Waals surface area contributed by atoms with Crippen molar-refractivity contribution in [3.63, 3.8) is 0 Å². The lowest BCUT2D eigenvalue weighted by Crippen LogP contribution is -2.20. The molecule has 0 aliphatic heterocycles. The molecule has 2 N–H and O–H groups in total. The van der Waals surface area contributed by atoms with Crippen molar-refractivity contribution in [1.29, 1.82) is 0 Å². The fourth-order valence-electron chi connectivity index (χ4n) is 2.34. The first-order valence-corrected chi connectivity index (χ1v) is 8.31. The molecule has 8 heteroatoms. The summed E-state index contributed by atoms with van der Waals surface area (Å²) in [4.78, 5) is 2.20. The molecule has 2 heterocycles. The Bertz CT molecular complexity index is 839. The fraction of sp³-hybridized carbons (Fsp3) is 0.235. The molecule has 0 fully saturated rings. The molecular weight excluding hydrogens is 351 g/mol. The van der Waals surface area contributed by atoms with Crippen molar-refractivity contribution < 1.29 is 18.3 Å². The first kappa shape index (κ1) is 17.5. The molecular formula is C17H16F3N3OS. The van der Waals surface area contributed by atoms with Gasteiger partial charge in [-0.25, -0.2) is 0 Å². The van der Waals surface area contributed by atoms with Crippen molar-refractivity contribution in [3.8, 4) is 10.4 Å². The van der Waals surface area contributed by atoms with E-state index in [-0.39, 0.29) is 5.56 Å². The number of alkyl halides is 3. The lowest BCUT2D eigenvalue weighted by molar-refractivity contribution is -0.206. The fourth-order valence-corrected chi connectivity index (χ4v) is 3.26. The van der Waals surface area contributed by atoms with E-state index in [1.807, 2.05) is 25.4 Å². The highest BCUT2D eigenvalue weighted by Gasteiger charge is 2.39. The first-order chi connectivity index (χ1) is 11.8. The molecule has 0 bridgehead atoms. The molecule has 0 spiro atoms. The lowest BCUT2D eigenvalue weighted by atomic mass is 10.1. The molecule has 3 rings (SSSR count). The highest BCUT2D eigenvalue weighted by Crippen LogP contribution is 2.33. The zero-order valence-electron chi connectivity index (χ0n) is 13.3. The number of nitrogens with one attached hydrogen (secondary N) is 1. The number of hydrogen-bond donors (Lipinski definition) is 2. The van der Waals surface area contributed by atoms with Crippen molar-refractivity contribution in [2.75, 3.05) is 5.32 Å². The van der Waals surface area contributed by atoms with Crippen LogP contribution in [0.15, 0.2) is 48.8 Å². The van der Waals surface area contributed by atoms with Crippen LogP contribution in [0.4, 0.5) is 18.9 Å². The number of aliphatic hydroxyl groups is 1. The second-order valence-electron chi connectivity index (χ2n) is 5.59. The van der Waals surface area contributed by atoms with Crippen LogP contribution in [-0.2, 0) is 13.6 Å². The highest BCUT2D eigenvalue weighted by atomic mass is 32.1. The Balaban J connectivity index is 1.61. The largest absolute Gasteiger partial charge is 0.418 e. The third kappa shape index (κ3) is 4.21. The summed E-state index contributed by atoms with van der Waals surface area (Å²) in [5.41, 5.74) is 1.56. The topological polar surface area (TPSA) is 50.1 Å². The number of aliphatic hydroxyl groups excluding tert-OH is 1. The van der Waals surface area contributed by atoms with E-state index in [2.05, 4.69) is 10.4 Å². The van der Waals surface area contributed by atoms with Gasteiger partial charge in [-0.2, -0.15) is 18.3 Å². The van der Waals surface area contributed by atoms with Gasteiger partial charge in [-0.05, 0) is 29.8 Å². The lowest BCUT2D eigenvalue weighted by Gasteiger charge is -2.15. The Morgan fingerprint density at radius 2 is 1.92 bits per heavy atom. The van der Waals surface area contributed by atoms with Crippen molar-refractivity contribution >= 4 is 17.0 Å². The molecule has 0 saturated heterocycles. The maximum absolute atomic E-state index is 12.5. The van der Waals surface area contributed by atoms with Crippen LogP contribution >= 0.6 is 11.3 Å². The molecule has 1 aromatic carbocycles. The average molecular weight is 367 g/mol. The molecule has 0 aliphatic rings. The summed E-state index contributed by atoms with van der Waals surface area (Å²) in [5.74, 6) is 0. The number of benzene rings is 1. The van der Waals surface area contributed by atoms with Gasteiger partial charge in [0, 0.05) is 40.8 Å². The van der Waals surface area contributed by atoms with Crippen LogP contribution in [0.5, 0.6) is 0 Å². The SMILES string of the molecule is Cn1cc(-c2ccc(CNc3ccc(C(O)C(F)(F)F)cc3)s2)cn1. The van der Waals surface area contributed by atoms with E-state index in [4.69, 9.17) is 0 Å². The van der Waals surface area contributed by atoms with Crippen molar-refractivity contribution in [1.82, 2.24) is 9.78 Å². The summed E-state index contributed by atoms with van der Waals surface area (Å²) in [5, 5.41) is 16.5. The Morgan fingerprint density at radius 1 is 1.20 bits per heavy atom. The maximum atomic E-state index is 12.5. The van der Waals surface area contributed by atoms with E-state index in [0.29, 0.717) is 12.2 Å². The summed E-state index contributed by atoms with van der Waals surface area (Å²) in [6.07, 6.45) is -3.38. The highest BCUT2D eigenvalue weighted by molar-refractivity contribution is 7.15. The Labute approximate surface area is 146 Å². The van der Waals surface area contributed by atoms with Crippen LogP contribution in [0.2, 0.25) is 0 Å². The Kier molecular flexibility index (Phi) is 4.82. The molecule has 4 nitrogen and oxygen atoms in total. The molecule has 0 radical (unpaired) electrons. The van der Waals surface area contributed by atoms with Gasteiger partial charge in [0.25, 0.3) is 0 Å². The standard InChI is InChI=1S/C17H16F3N3OS/c1-23-10-12(8-22-23)15-7-6-14(25-15)9-21-13-4-2-11(3-5-13)16(24)17(18,19)20/h2-8,10,16,21,24H,9H2,1H3. The maximum Gasteiger partial charge on any atom is 0.418 e. The predicted molar refractivity (Wildman–Crippen MR) is 91.3 cm³/mol. The molecule has 0 aliphatic carbocycles. The molecule has 0 saturated carbocycles. The van der Waals surface area contributed by atoms with Gasteiger partial charge < -0.3 is 10.4 Å². The summed E-state index contributed by atoms with van der Waals surface area (Å²) in [6.45, 7) is 0.562. The van der Waals surface area contributed by atoms with Gasteiger partial charge >= 0.3 is 6.18 Å². The first-order valence-electron chi connectivity index (χ1n) is 7.49. The van der Waals surface area contributed by atoms with E-state index in [1.54, 1.807) is 22.2 Å². The third-order valence-corrected chi connectivity index (χ3v) is 4.79. The minimum atomic E-state index is -4.66. The van der Waals surface area contributed by atoms with E-state index in [9.17, 15) is 18.3 Å². The number of aromatic nitrogens is 2. The van der Waals surface area contributed by atoms with Crippen LogP contribution in [0.1, 0.15) is 16.5 Å². The molecule has 1 atom stereocenters. The zero-order chi connectivity index (χ0) is 18.0. The van der Waals surface area contributed by atoms with Gasteiger partial charge in [0.2, 0.25) is 0 Å². The summed E-state index contributed by atoms with van der Waals surface area (Å²) in [6, 6.07) is 9.62. The minimum absolute atomic E-state index is 0.173. The second kappa shape index (κ2) is 6.89. The summed E-state index contributed by atoms with van der Waals surface area (Å²) >= 11 is 1.63. The molecule has 0 amide bonds. The van der Waals surface area contributed by atoms with E-state index in [0.717, 1.165) is 15.3 Å². The molecule has 132 valence electrons. The number of halogens is 3. The number of nitrogens with zero attached hydrogens (tertiary/aromatic N) is 2. The Morgan fingerprint density at radius 3 is 2.52 bits per heavy atom. The number of thiophene rings is 1. The Hall–Kier alpha value is -2.32. The smallest absolute Gasteiger partial charge is 0.380 e. The van der Waals surface area contributed by atoms with Crippen molar-refractivity contribution in [2.24, 2.45) is 7.05 Å². The summed E-state index contributed by atoms with van der Waals surface area (Å²) < 4.78 is 39.2. The quantitative estimate of drug-likeness (QED) is 0.705.